The Kier molecular flexibility index (Phi) is 6.61. The molecular formula is C51H34NO2PS. The lowest BCUT2D eigenvalue weighted by Gasteiger charge is -2.47. The highest BCUT2D eigenvalue weighted by molar-refractivity contribution is 7.99. The Morgan fingerprint density at radius 1 is 0.500 bits per heavy atom. The van der Waals surface area contributed by atoms with E-state index in [0.29, 0.717) is 0 Å². The van der Waals surface area contributed by atoms with Crippen LogP contribution >= 0.6 is 18.9 Å². The number of fused-ring (bicyclic) bond motifs is 14. The predicted molar refractivity (Wildman–Crippen MR) is 233 cm³/mol. The van der Waals surface area contributed by atoms with Gasteiger partial charge in [-0.2, -0.15) is 0 Å². The van der Waals surface area contributed by atoms with Gasteiger partial charge in [-0.15, -0.1) is 0 Å². The standard InChI is InChI=1S/C51H34NO2PS/c1-31-20-24-43-36(26-31)37-27-32(2)21-25-44(37)52(43)33-22-23-41-50(28-33)56-49-19-11-8-16-40(49)51(41)39-15-7-10-18-47(39)55(53,34-12-4-3-5-13-34)48-30-46-38(29-42(48)51)35-14-6-9-17-45(35)54-46/h3-30H,1-2H3. The van der Waals surface area contributed by atoms with Crippen LogP contribution in [0.15, 0.2) is 184 Å². The molecule has 10 aromatic rings. The molecule has 2 unspecified atom stereocenters. The van der Waals surface area contributed by atoms with Gasteiger partial charge in [0, 0.05) is 52.9 Å². The quantitative estimate of drug-likeness (QED) is 0.165. The summed E-state index contributed by atoms with van der Waals surface area (Å²) < 4.78 is 25.4. The summed E-state index contributed by atoms with van der Waals surface area (Å²) in [6, 6.07) is 60.7. The minimum Gasteiger partial charge on any atom is -0.456 e. The molecule has 2 aromatic heterocycles. The smallest absolute Gasteiger partial charge is 0.171 e. The lowest BCUT2D eigenvalue weighted by molar-refractivity contribution is 0.589. The summed E-state index contributed by atoms with van der Waals surface area (Å²) in [5.41, 5.74) is 11.3. The summed E-state index contributed by atoms with van der Waals surface area (Å²) in [4.78, 5) is 2.38. The van der Waals surface area contributed by atoms with Crippen molar-refractivity contribution in [1.82, 2.24) is 4.57 Å². The van der Waals surface area contributed by atoms with E-state index in [4.69, 9.17) is 4.42 Å². The maximum Gasteiger partial charge on any atom is 0.171 e. The molecule has 0 fully saturated rings. The lowest BCUT2D eigenvalue weighted by atomic mass is 9.64. The monoisotopic (exact) mass is 755 g/mol. The first kappa shape index (κ1) is 32.2. The molecule has 12 rings (SSSR count). The van der Waals surface area contributed by atoms with Crippen molar-refractivity contribution in [1.29, 1.82) is 0 Å². The van der Waals surface area contributed by atoms with Crippen LogP contribution in [-0.4, -0.2) is 4.57 Å². The van der Waals surface area contributed by atoms with Crippen LogP contribution in [0.4, 0.5) is 0 Å². The molecule has 0 aliphatic carbocycles. The molecule has 5 heteroatoms. The van der Waals surface area contributed by atoms with Gasteiger partial charge in [-0.25, -0.2) is 0 Å². The number of rotatable bonds is 2. The molecule has 2 aliphatic heterocycles. The lowest BCUT2D eigenvalue weighted by Crippen LogP contribution is -2.48. The highest BCUT2D eigenvalue weighted by Gasteiger charge is 2.54. The van der Waals surface area contributed by atoms with Crippen LogP contribution in [0.1, 0.15) is 33.4 Å². The number of nitrogens with zero attached hydrogens (tertiary/aromatic N) is 1. The van der Waals surface area contributed by atoms with Crippen LogP contribution in [0.2, 0.25) is 0 Å². The summed E-state index contributed by atoms with van der Waals surface area (Å²) in [5, 5.41) is 7.14. The van der Waals surface area contributed by atoms with E-state index in [-0.39, 0.29) is 0 Å². The third kappa shape index (κ3) is 4.13. The van der Waals surface area contributed by atoms with Crippen molar-refractivity contribution >= 4 is 78.6 Å². The van der Waals surface area contributed by atoms with Gasteiger partial charge in [0.15, 0.2) is 7.14 Å². The number of hydrogen-bond acceptors (Lipinski definition) is 3. The van der Waals surface area contributed by atoms with Crippen molar-refractivity contribution in [3.63, 3.8) is 0 Å². The molecule has 8 aromatic carbocycles. The van der Waals surface area contributed by atoms with E-state index in [9.17, 15) is 0 Å². The molecule has 2 aliphatic rings. The van der Waals surface area contributed by atoms with Crippen molar-refractivity contribution in [2.75, 3.05) is 0 Å². The van der Waals surface area contributed by atoms with Gasteiger partial charge in [-0.3, -0.25) is 0 Å². The van der Waals surface area contributed by atoms with Gasteiger partial charge < -0.3 is 13.5 Å². The van der Waals surface area contributed by atoms with Crippen LogP contribution in [0, 0.1) is 13.8 Å². The molecule has 0 saturated heterocycles. The average Bonchev–Trinajstić information content (AvgIpc) is 3.76. The first-order chi connectivity index (χ1) is 27.4. The second-order valence-corrected chi connectivity index (χ2v) is 19.1. The third-order valence-electron chi connectivity index (χ3n) is 12.2. The Hall–Kier alpha value is -6.06. The van der Waals surface area contributed by atoms with Gasteiger partial charge in [0.05, 0.1) is 16.4 Å². The SMILES string of the molecule is Cc1ccc2c(c1)c1cc(C)ccc1n2-c1ccc2c(c1)Sc1ccccc1C21c2ccccc2P(=O)(c2ccccc2)c2cc3oc4ccccc4c3cc21. The van der Waals surface area contributed by atoms with Gasteiger partial charge in [0.1, 0.15) is 11.2 Å². The fourth-order valence-electron chi connectivity index (χ4n) is 9.86. The molecule has 0 bridgehead atoms. The van der Waals surface area contributed by atoms with Crippen LogP contribution in [0.3, 0.4) is 0 Å². The van der Waals surface area contributed by atoms with Gasteiger partial charge in [-0.1, -0.05) is 132 Å². The first-order valence-corrected chi connectivity index (χ1v) is 21.6. The molecule has 4 heterocycles. The van der Waals surface area contributed by atoms with Gasteiger partial charge in [0.25, 0.3) is 0 Å². The summed E-state index contributed by atoms with van der Waals surface area (Å²) >= 11 is 1.83. The zero-order valence-electron chi connectivity index (χ0n) is 30.8. The number of benzene rings is 8. The molecule has 1 spiro atoms. The topological polar surface area (TPSA) is 35.1 Å². The number of para-hydroxylation sites is 1. The third-order valence-corrected chi connectivity index (χ3v) is 16.5. The van der Waals surface area contributed by atoms with Crippen LogP contribution < -0.4 is 15.9 Å². The minimum absolute atomic E-state index is 0.751. The summed E-state index contributed by atoms with van der Waals surface area (Å²) in [6.07, 6.45) is 0. The molecule has 56 heavy (non-hydrogen) atoms. The zero-order valence-corrected chi connectivity index (χ0v) is 32.5. The number of hydrogen-bond donors (Lipinski definition) is 0. The highest BCUT2D eigenvalue weighted by atomic mass is 32.2. The summed E-state index contributed by atoms with van der Waals surface area (Å²) in [5.74, 6) is 0. The molecule has 2 atom stereocenters. The molecule has 3 nitrogen and oxygen atoms in total. The molecule has 0 amide bonds. The second kappa shape index (κ2) is 11.5. The van der Waals surface area contributed by atoms with E-state index in [1.54, 1.807) is 0 Å². The average molecular weight is 756 g/mol. The first-order valence-electron chi connectivity index (χ1n) is 19.1. The van der Waals surface area contributed by atoms with Crippen molar-refractivity contribution in [3.8, 4) is 5.69 Å². The molecule has 0 radical (unpaired) electrons. The Morgan fingerprint density at radius 2 is 1.16 bits per heavy atom. The number of aryl methyl sites for hydroxylation is 2. The Balaban J connectivity index is 1.22. The molecule has 0 N–H and O–H groups in total. The van der Waals surface area contributed by atoms with Gasteiger partial charge >= 0.3 is 0 Å². The van der Waals surface area contributed by atoms with Gasteiger partial charge in [0.2, 0.25) is 0 Å². The summed E-state index contributed by atoms with van der Waals surface area (Å²) in [7, 11) is -3.39. The van der Waals surface area contributed by atoms with Crippen molar-refractivity contribution < 1.29 is 8.98 Å². The Morgan fingerprint density at radius 3 is 1.95 bits per heavy atom. The molecule has 0 saturated carbocycles. The van der Waals surface area contributed by atoms with E-state index < -0.39 is 12.6 Å². The maximum absolute atomic E-state index is 16.4. The van der Waals surface area contributed by atoms with Crippen molar-refractivity contribution in [2.24, 2.45) is 0 Å². The van der Waals surface area contributed by atoms with E-state index in [2.05, 4.69) is 140 Å². The van der Waals surface area contributed by atoms with Crippen LogP contribution in [0.5, 0.6) is 0 Å². The van der Waals surface area contributed by atoms with Crippen molar-refractivity contribution in [3.05, 3.63) is 203 Å². The number of aromatic nitrogens is 1. The van der Waals surface area contributed by atoms with E-state index in [1.165, 1.54) is 53.9 Å². The van der Waals surface area contributed by atoms with Crippen molar-refractivity contribution in [2.45, 2.75) is 29.1 Å². The molecular weight excluding hydrogens is 722 g/mol. The fraction of sp³-hybridized carbons (Fsp3) is 0.0588. The van der Waals surface area contributed by atoms with E-state index >= 15 is 4.57 Å². The van der Waals surface area contributed by atoms with E-state index in [1.807, 2.05) is 60.3 Å². The number of furan rings is 1. The zero-order chi connectivity index (χ0) is 37.3. The maximum atomic E-state index is 16.4. The minimum atomic E-state index is -3.39. The highest BCUT2D eigenvalue weighted by Crippen LogP contribution is 2.62. The predicted octanol–water partition coefficient (Wildman–Crippen LogP) is 12.1. The largest absolute Gasteiger partial charge is 0.456 e. The van der Waals surface area contributed by atoms with Crippen LogP contribution in [0.25, 0.3) is 49.4 Å². The van der Waals surface area contributed by atoms with Crippen LogP contribution in [-0.2, 0) is 9.98 Å². The summed E-state index contributed by atoms with van der Waals surface area (Å²) in [6.45, 7) is 4.34. The fourth-order valence-corrected chi connectivity index (χ4v) is 14.2. The Bertz CT molecular complexity index is 3300. The normalized spacial score (nSPS) is 18.3. The second-order valence-electron chi connectivity index (χ2n) is 15.3. The van der Waals surface area contributed by atoms with E-state index in [0.717, 1.165) is 54.7 Å². The van der Waals surface area contributed by atoms with Gasteiger partial charge in [-0.05, 0) is 96.8 Å². The Labute approximate surface area is 328 Å². The molecule has 266 valence electrons.